The zero-order chi connectivity index (χ0) is 18.3. The van der Waals surface area contributed by atoms with Gasteiger partial charge in [-0.2, -0.15) is 0 Å². The fraction of sp³-hybridized carbons (Fsp3) is 0.190. The lowest BCUT2D eigenvalue weighted by Crippen LogP contribution is -2.20. The smallest absolute Gasteiger partial charge is 0.260 e. The highest BCUT2D eigenvalue weighted by Crippen LogP contribution is 2.19. The maximum absolute atomic E-state index is 12.8. The number of Topliss-reactive ketones (excluding diaryl/α,β-unsaturated/α-hetero) is 1. The zero-order valence-corrected chi connectivity index (χ0v) is 14.7. The number of benzene rings is 1. The van der Waals surface area contributed by atoms with Gasteiger partial charge in [-0.1, -0.05) is 19.1 Å². The normalized spacial score (nSPS) is 11.3. The van der Waals surface area contributed by atoms with E-state index in [0.717, 1.165) is 17.5 Å². The molecule has 0 atom stereocenters. The van der Waals surface area contributed by atoms with E-state index >= 15 is 0 Å². The van der Waals surface area contributed by atoms with Crippen LogP contribution in [0.1, 0.15) is 35.5 Å². The van der Waals surface area contributed by atoms with Gasteiger partial charge in [-0.15, -0.1) is 0 Å². The molecule has 0 saturated heterocycles. The Hall–Kier alpha value is -3.21. The molecule has 0 saturated carbocycles. The molecule has 0 amide bonds. The second kappa shape index (κ2) is 6.26. The number of carbonyl (C=O) groups is 1. The number of hydrogen-bond acceptors (Lipinski definition) is 3. The molecule has 3 aromatic heterocycles. The van der Waals surface area contributed by atoms with Gasteiger partial charge in [0.1, 0.15) is 0 Å². The number of rotatable bonds is 4. The van der Waals surface area contributed by atoms with Gasteiger partial charge in [-0.25, -0.2) is 0 Å². The fourth-order valence-corrected chi connectivity index (χ4v) is 3.33. The molecule has 1 N–H and O–H groups in total. The highest BCUT2D eigenvalue weighted by molar-refractivity contribution is 6.06. The van der Waals surface area contributed by atoms with E-state index in [2.05, 4.69) is 35.1 Å². The van der Waals surface area contributed by atoms with Crippen LogP contribution in [0.5, 0.6) is 0 Å². The quantitative estimate of drug-likeness (QED) is 0.574. The minimum absolute atomic E-state index is 0.0934. The van der Waals surface area contributed by atoms with E-state index in [1.807, 2.05) is 12.1 Å². The number of carbonyl (C=O) groups excluding carboxylic acids is 1. The molecule has 3 heterocycles. The molecule has 1 aromatic carbocycles. The largest absolute Gasteiger partial charge is 0.358 e. The van der Waals surface area contributed by atoms with E-state index in [1.165, 1.54) is 30.4 Å². The van der Waals surface area contributed by atoms with Crippen molar-refractivity contribution in [2.24, 2.45) is 0 Å². The highest BCUT2D eigenvalue weighted by atomic mass is 16.1. The predicted octanol–water partition coefficient (Wildman–Crippen LogP) is 3.69. The van der Waals surface area contributed by atoms with Crippen molar-refractivity contribution in [3.63, 3.8) is 0 Å². The minimum atomic E-state index is -0.140. The number of aromatic amines is 1. The molecule has 0 aliphatic heterocycles. The third-order valence-corrected chi connectivity index (χ3v) is 4.76. The Morgan fingerprint density at radius 3 is 2.77 bits per heavy atom. The number of hydrogen-bond donors (Lipinski definition) is 1. The van der Waals surface area contributed by atoms with Gasteiger partial charge in [-0.05, 0) is 42.5 Å². The Labute approximate surface area is 150 Å². The molecule has 130 valence electrons. The molecule has 0 aliphatic carbocycles. The van der Waals surface area contributed by atoms with Crippen molar-refractivity contribution in [2.75, 3.05) is 0 Å². The molecule has 5 heteroatoms. The summed E-state index contributed by atoms with van der Waals surface area (Å²) in [6.07, 6.45) is 5.74. The average molecular weight is 345 g/mol. The zero-order valence-electron chi connectivity index (χ0n) is 14.7. The second-order valence-corrected chi connectivity index (χ2v) is 6.52. The van der Waals surface area contributed by atoms with Crippen molar-refractivity contribution in [1.29, 1.82) is 0 Å². The third-order valence-electron chi connectivity index (χ3n) is 4.76. The van der Waals surface area contributed by atoms with Crippen LogP contribution < -0.4 is 5.56 Å². The van der Waals surface area contributed by atoms with Crippen LogP contribution in [0.2, 0.25) is 0 Å². The lowest BCUT2D eigenvalue weighted by Gasteiger charge is -2.09. The molecular weight excluding hydrogens is 326 g/mol. The lowest BCUT2D eigenvalue weighted by atomic mass is 10.1. The predicted molar refractivity (Wildman–Crippen MR) is 103 cm³/mol. The number of fused-ring (bicyclic) bond motifs is 2. The van der Waals surface area contributed by atoms with Crippen LogP contribution in [0.3, 0.4) is 0 Å². The molecule has 5 nitrogen and oxygen atoms in total. The number of nitrogens with one attached hydrogen (secondary N) is 1. The summed E-state index contributed by atoms with van der Waals surface area (Å²) in [5.41, 5.74) is 3.65. The first-order valence-electron chi connectivity index (χ1n) is 8.65. The summed E-state index contributed by atoms with van der Waals surface area (Å²) in [4.78, 5) is 32.0. The van der Waals surface area contributed by atoms with Crippen LogP contribution in [0.15, 0.2) is 53.7 Å². The first-order chi connectivity index (χ1) is 12.6. The van der Waals surface area contributed by atoms with Gasteiger partial charge in [0.2, 0.25) is 0 Å². The molecule has 26 heavy (non-hydrogen) atoms. The molecule has 4 rings (SSSR count). The van der Waals surface area contributed by atoms with Crippen LogP contribution in [0.25, 0.3) is 21.7 Å². The van der Waals surface area contributed by atoms with E-state index in [9.17, 15) is 9.59 Å². The van der Waals surface area contributed by atoms with Crippen LogP contribution in [0.4, 0.5) is 0 Å². The number of ketones is 1. The van der Waals surface area contributed by atoms with E-state index in [4.69, 9.17) is 0 Å². The SMILES string of the molecule is CCc1cc2ccc(Cn3ccc4c(C(C)=O)cncc4c3=O)cc2[nH]1. The first-order valence-corrected chi connectivity index (χ1v) is 8.65. The monoisotopic (exact) mass is 345 g/mol. The number of aromatic nitrogens is 3. The summed E-state index contributed by atoms with van der Waals surface area (Å²) in [6.45, 7) is 4.07. The first kappa shape index (κ1) is 16.3. The van der Waals surface area contributed by atoms with Crippen molar-refractivity contribution in [1.82, 2.24) is 14.5 Å². The highest BCUT2D eigenvalue weighted by Gasteiger charge is 2.11. The Bertz CT molecular complexity index is 1200. The third kappa shape index (κ3) is 2.71. The Morgan fingerprint density at radius 1 is 1.15 bits per heavy atom. The lowest BCUT2D eigenvalue weighted by molar-refractivity contribution is 0.101. The van der Waals surface area contributed by atoms with E-state index in [-0.39, 0.29) is 11.3 Å². The number of H-pyrrole nitrogens is 1. The number of aryl methyl sites for hydroxylation is 1. The summed E-state index contributed by atoms with van der Waals surface area (Å²) >= 11 is 0. The van der Waals surface area contributed by atoms with Crippen molar-refractivity contribution < 1.29 is 4.79 Å². The van der Waals surface area contributed by atoms with Crippen LogP contribution in [-0.4, -0.2) is 20.3 Å². The number of pyridine rings is 2. The molecule has 0 unspecified atom stereocenters. The maximum Gasteiger partial charge on any atom is 0.260 e. The van der Waals surface area contributed by atoms with E-state index < -0.39 is 0 Å². The molecule has 0 aliphatic rings. The van der Waals surface area contributed by atoms with Gasteiger partial charge in [0.15, 0.2) is 5.78 Å². The molecule has 4 aromatic rings. The van der Waals surface area contributed by atoms with Gasteiger partial charge in [-0.3, -0.25) is 14.6 Å². The summed E-state index contributed by atoms with van der Waals surface area (Å²) < 4.78 is 1.65. The average Bonchev–Trinajstić information content (AvgIpc) is 3.06. The van der Waals surface area contributed by atoms with Crippen molar-refractivity contribution >= 4 is 27.5 Å². The van der Waals surface area contributed by atoms with Gasteiger partial charge in [0.05, 0.1) is 11.9 Å². The van der Waals surface area contributed by atoms with Crippen molar-refractivity contribution in [3.05, 3.63) is 76.1 Å². The Morgan fingerprint density at radius 2 is 2.00 bits per heavy atom. The second-order valence-electron chi connectivity index (χ2n) is 6.52. The molecular formula is C21H19N3O2. The minimum Gasteiger partial charge on any atom is -0.358 e. The Kier molecular flexibility index (Phi) is 3.92. The maximum atomic E-state index is 12.8. The van der Waals surface area contributed by atoms with Gasteiger partial charge >= 0.3 is 0 Å². The standard InChI is InChI=1S/C21H19N3O2/c1-3-16-9-15-5-4-14(8-20(15)23-16)12-24-7-6-17-18(13(2)25)10-22-11-19(17)21(24)26/h4-11,23H,3,12H2,1-2H3. The Balaban J connectivity index is 1.76. The summed E-state index contributed by atoms with van der Waals surface area (Å²) in [5, 5.41) is 2.29. The molecule has 0 radical (unpaired) electrons. The van der Waals surface area contributed by atoms with E-state index in [1.54, 1.807) is 10.8 Å². The van der Waals surface area contributed by atoms with Gasteiger partial charge in [0.25, 0.3) is 5.56 Å². The van der Waals surface area contributed by atoms with Gasteiger partial charge in [0, 0.05) is 40.8 Å². The summed E-state index contributed by atoms with van der Waals surface area (Å²) in [5.74, 6) is -0.0934. The summed E-state index contributed by atoms with van der Waals surface area (Å²) in [7, 11) is 0. The van der Waals surface area contributed by atoms with Crippen molar-refractivity contribution in [2.45, 2.75) is 26.8 Å². The molecule has 0 spiro atoms. The molecule has 0 bridgehead atoms. The number of nitrogens with zero attached hydrogens (tertiary/aromatic N) is 2. The van der Waals surface area contributed by atoms with Gasteiger partial charge < -0.3 is 9.55 Å². The fourth-order valence-electron chi connectivity index (χ4n) is 3.33. The van der Waals surface area contributed by atoms with Crippen molar-refractivity contribution in [3.8, 4) is 0 Å². The van der Waals surface area contributed by atoms with Crippen LogP contribution in [0, 0.1) is 0 Å². The van der Waals surface area contributed by atoms with E-state index in [0.29, 0.717) is 22.9 Å². The topological polar surface area (TPSA) is 67.8 Å². The van der Waals surface area contributed by atoms with Crippen LogP contribution in [-0.2, 0) is 13.0 Å². The molecule has 0 fully saturated rings. The summed E-state index contributed by atoms with van der Waals surface area (Å²) in [6, 6.07) is 10.2. The van der Waals surface area contributed by atoms with Crippen LogP contribution >= 0.6 is 0 Å².